The van der Waals surface area contributed by atoms with Gasteiger partial charge in [0, 0.05) is 26.3 Å². The Morgan fingerprint density at radius 2 is 2.32 bits per heavy atom. The van der Waals surface area contributed by atoms with Crippen molar-refractivity contribution in [2.24, 2.45) is 0 Å². The topological polar surface area (TPSA) is 54.5 Å². The van der Waals surface area contributed by atoms with Gasteiger partial charge in [0.05, 0.1) is 11.7 Å². The van der Waals surface area contributed by atoms with Crippen molar-refractivity contribution >= 4 is 23.1 Å². The molecule has 1 saturated heterocycles. The zero-order valence-corrected chi connectivity index (χ0v) is 13.5. The number of hydrogen-bond donors (Lipinski definition) is 1. The Bertz CT molecular complexity index is 645. The number of nitrogens with zero attached hydrogens (tertiary/aromatic N) is 2. The zero-order valence-electron chi connectivity index (χ0n) is 12.7. The van der Waals surface area contributed by atoms with E-state index in [1.165, 1.54) is 5.56 Å². The fourth-order valence-electron chi connectivity index (χ4n) is 2.73. The van der Waals surface area contributed by atoms with E-state index in [-0.39, 0.29) is 18.1 Å². The summed E-state index contributed by atoms with van der Waals surface area (Å²) < 4.78 is 6.05. The standard InChI is InChI=1S/C16H19N3O2S/c1-11-8-19(9-14(21-11)12-5-7-22-10-12)15-13(16(20)17-2)4-3-6-18-15/h3-7,10-11,14H,8-9H2,1-2H3,(H,17,20). The number of morpholine rings is 1. The summed E-state index contributed by atoms with van der Waals surface area (Å²) in [6, 6.07) is 5.68. The molecular weight excluding hydrogens is 298 g/mol. The lowest BCUT2D eigenvalue weighted by Crippen LogP contribution is -2.44. The quantitative estimate of drug-likeness (QED) is 0.945. The number of amides is 1. The fourth-order valence-corrected chi connectivity index (χ4v) is 3.43. The minimum absolute atomic E-state index is 0.00884. The summed E-state index contributed by atoms with van der Waals surface area (Å²) in [6.07, 6.45) is 1.81. The Balaban J connectivity index is 1.89. The number of pyridine rings is 1. The molecule has 2 unspecified atom stereocenters. The molecule has 0 aromatic carbocycles. The Kier molecular flexibility index (Phi) is 4.40. The molecule has 0 aliphatic carbocycles. The summed E-state index contributed by atoms with van der Waals surface area (Å²) in [5.74, 6) is 0.603. The lowest BCUT2D eigenvalue weighted by Gasteiger charge is -2.38. The second-order valence-corrected chi connectivity index (χ2v) is 6.13. The molecule has 0 saturated carbocycles. The van der Waals surface area contributed by atoms with Crippen LogP contribution in [0.1, 0.15) is 28.9 Å². The Morgan fingerprint density at radius 3 is 3.05 bits per heavy atom. The van der Waals surface area contributed by atoms with Crippen molar-refractivity contribution < 1.29 is 9.53 Å². The zero-order chi connectivity index (χ0) is 15.5. The van der Waals surface area contributed by atoms with Gasteiger partial charge in [0.2, 0.25) is 0 Å². The highest BCUT2D eigenvalue weighted by molar-refractivity contribution is 7.07. The van der Waals surface area contributed by atoms with Gasteiger partial charge >= 0.3 is 0 Å². The number of rotatable bonds is 3. The van der Waals surface area contributed by atoms with Crippen LogP contribution in [0.2, 0.25) is 0 Å². The molecule has 0 spiro atoms. The van der Waals surface area contributed by atoms with Crippen LogP contribution in [-0.2, 0) is 4.74 Å². The first-order valence-corrected chi connectivity index (χ1v) is 8.23. The number of anilines is 1. The molecule has 22 heavy (non-hydrogen) atoms. The van der Waals surface area contributed by atoms with Crippen molar-refractivity contribution in [3.05, 3.63) is 46.3 Å². The predicted molar refractivity (Wildman–Crippen MR) is 87.4 cm³/mol. The van der Waals surface area contributed by atoms with Crippen LogP contribution in [0.5, 0.6) is 0 Å². The van der Waals surface area contributed by atoms with Gasteiger partial charge in [0.15, 0.2) is 0 Å². The van der Waals surface area contributed by atoms with Gasteiger partial charge in [-0.2, -0.15) is 11.3 Å². The molecule has 6 heteroatoms. The van der Waals surface area contributed by atoms with Gasteiger partial charge in [-0.3, -0.25) is 4.79 Å². The third-order valence-electron chi connectivity index (χ3n) is 3.73. The molecule has 5 nitrogen and oxygen atoms in total. The first kappa shape index (κ1) is 15.0. The third kappa shape index (κ3) is 2.98. The van der Waals surface area contributed by atoms with Crippen molar-refractivity contribution in [2.45, 2.75) is 19.1 Å². The van der Waals surface area contributed by atoms with Crippen LogP contribution >= 0.6 is 11.3 Å². The number of carbonyl (C=O) groups is 1. The molecule has 1 amide bonds. The maximum Gasteiger partial charge on any atom is 0.254 e. The number of hydrogen-bond acceptors (Lipinski definition) is 5. The predicted octanol–water partition coefficient (Wildman–Crippen LogP) is 2.47. The number of thiophene rings is 1. The van der Waals surface area contributed by atoms with E-state index in [1.54, 1.807) is 36.7 Å². The van der Waals surface area contributed by atoms with Crippen molar-refractivity contribution in [2.75, 3.05) is 25.0 Å². The lowest BCUT2D eigenvalue weighted by molar-refractivity contribution is -0.0174. The largest absolute Gasteiger partial charge is 0.367 e. The summed E-state index contributed by atoms with van der Waals surface area (Å²) >= 11 is 1.66. The first-order valence-electron chi connectivity index (χ1n) is 7.28. The molecule has 1 aliphatic rings. The van der Waals surface area contributed by atoms with E-state index < -0.39 is 0 Å². The van der Waals surface area contributed by atoms with Crippen LogP contribution < -0.4 is 10.2 Å². The molecule has 0 radical (unpaired) electrons. The SMILES string of the molecule is CNC(=O)c1cccnc1N1CC(C)OC(c2ccsc2)C1. The van der Waals surface area contributed by atoms with Crippen LogP contribution in [0, 0.1) is 0 Å². The van der Waals surface area contributed by atoms with E-state index in [9.17, 15) is 4.79 Å². The van der Waals surface area contributed by atoms with Crippen molar-refractivity contribution in [3.63, 3.8) is 0 Å². The van der Waals surface area contributed by atoms with Crippen LogP contribution in [0.15, 0.2) is 35.2 Å². The van der Waals surface area contributed by atoms with Crippen LogP contribution in [0.4, 0.5) is 5.82 Å². The molecule has 3 heterocycles. The molecule has 1 aliphatic heterocycles. The van der Waals surface area contributed by atoms with Crippen LogP contribution in [0.25, 0.3) is 0 Å². The first-order chi connectivity index (χ1) is 10.7. The van der Waals surface area contributed by atoms with Crippen molar-refractivity contribution in [3.8, 4) is 0 Å². The Hall–Kier alpha value is -1.92. The van der Waals surface area contributed by atoms with E-state index >= 15 is 0 Å². The van der Waals surface area contributed by atoms with Gasteiger partial charge in [-0.15, -0.1) is 0 Å². The monoisotopic (exact) mass is 317 g/mol. The van der Waals surface area contributed by atoms with Crippen LogP contribution in [-0.4, -0.2) is 37.1 Å². The summed E-state index contributed by atoms with van der Waals surface area (Å²) in [5, 5.41) is 6.84. The third-order valence-corrected chi connectivity index (χ3v) is 4.43. The number of ether oxygens (including phenoxy) is 1. The van der Waals surface area contributed by atoms with E-state index in [1.807, 2.05) is 6.92 Å². The summed E-state index contributed by atoms with van der Waals surface area (Å²) in [7, 11) is 1.63. The van der Waals surface area contributed by atoms with E-state index in [0.29, 0.717) is 12.1 Å². The summed E-state index contributed by atoms with van der Waals surface area (Å²) in [4.78, 5) is 18.6. The second kappa shape index (κ2) is 6.46. The molecule has 0 bridgehead atoms. The maximum atomic E-state index is 12.1. The molecule has 2 aromatic heterocycles. The molecular formula is C16H19N3O2S. The van der Waals surface area contributed by atoms with Gasteiger partial charge in [-0.25, -0.2) is 4.98 Å². The molecule has 1 N–H and O–H groups in total. The van der Waals surface area contributed by atoms with Gasteiger partial charge in [0.1, 0.15) is 11.9 Å². The normalized spacial score (nSPS) is 21.6. The van der Waals surface area contributed by atoms with Crippen molar-refractivity contribution in [1.29, 1.82) is 0 Å². The van der Waals surface area contributed by atoms with E-state index in [4.69, 9.17) is 4.74 Å². The highest BCUT2D eigenvalue weighted by Gasteiger charge is 2.29. The number of carbonyl (C=O) groups excluding carboxylic acids is 1. The van der Waals surface area contributed by atoms with Gasteiger partial charge in [0.25, 0.3) is 5.91 Å². The average Bonchev–Trinajstić information content (AvgIpc) is 3.08. The molecule has 2 aromatic rings. The van der Waals surface area contributed by atoms with E-state index in [2.05, 4.69) is 32.0 Å². The van der Waals surface area contributed by atoms with E-state index in [0.717, 1.165) is 12.4 Å². The minimum Gasteiger partial charge on any atom is -0.367 e. The highest BCUT2D eigenvalue weighted by Crippen LogP contribution is 2.30. The minimum atomic E-state index is -0.116. The van der Waals surface area contributed by atoms with Crippen molar-refractivity contribution in [1.82, 2.24) is 10.3 Å². The highest BCUT2D eigenvalue weighted by atomic mass is 32.1. The van der Waals surface area contributed by atoms with Gasteiger partial charge in [-0.05, 0) is 41.4 Å². The van der Waals surface area contributed by atoms with Gasteiger partial charge in [-0.1, -0.05) is 0 Å². The maximum absolute atomic E-state index is 12.1. The smallest absolute Gasteiger partial charge is 0.254 e. The van der Waals surface area contributed by atoms with Crippen LogP contribution in [0.3, 0.4) is 0 Å². The second-order valence-electron chi connectivity index (χ2n) is 5.35. The summed E-state index contributed by atoms with van der Waals surface area (Å²) in [5.41, 5.74) is 1.78. The number of aromatic nitrogens is 1. The Morgan fingerprint density at radius 1 is 1.45 bits per heavy atom. The number of nitrogens with one attached hydrogen (secondary N) is 1. The van der Waals surface area contributed by atoms with Gasteiger partial charge < -0.3 is 15.0 Å². The lowest BCUT2D eigenvalue weighted by atomic mass is 10.1. The summed E-state index contributed by atoms with van der Waals surface area (Å²) in [6.45, 7) is 3.47. The Labute approximate surface area is 133 Å². The molecule has 3 rings (SSSR count). The average molecular weight is 317 g/mol. The molecule has 116 valence electrons. The molecule has 2 atom stereocenters. The fraction of sp³-hybridized carbons (Fsp3) is 0.375. The molecule has 1 fully saturated rings.